The Hall–Kier alpha value is -1.79. The van der Waals surface area contributed by atoms with Gasteiger partial charge in [0.25, 0.3) is 0 Å². The van der Waals surface area contributed by atoms with Crippen LogP contribution in [0, 0.1) is 6.92 Å². The van der Waals surface area contributed by atoms with Gasteiger partial charge in [-0.25, -0.2) is 4.98 Å². The number of nitrogens with zero attached hydrogens (tertiary/aromatic N) is 4. The largest absolute Gasteiger partial charge is 0.355 e. The second-order valence-corrected chi connectivity index (χ2v) is 7.88. The molecule has 0 N–H and O–H groups in total. The van der Waals surface area contributed by atoms with Crippen LogP contribution >= 0.6 is 15.9 Å². The highest BCUT2D eigenvalue weighted by molar-refractivity contribution is 9.10. The van der Waals surface area contributed by atoms with Gasteiger partial charge in [0.15, 0.2) is 0 Å². The van der Waals surface area contributed by atoms with Crippen LogP contribution in [0.25, 0.3) is 0 Å². The Morgan fingerprint density at radius 1 is 1.19 bits per heavy atom. The second kappa shape index (κ2) is 8.27. The number of pyridine rings is 2. The molecule has 2 aromatic rings. The standard InChI is InChI=1S/C20H25BrN4O/c1-14(2)24-8-5-9-25(11-10-24)19-7-4-6-18(23-19)20(26)17-12-16(21)13-22-15(17)3/h4,6-7,12-14H,5,8-11H2,1-3H3. The number of aromatic nitrogens is 2. The third kappa shape index (κ3) is 4.30. The predicted molar refractivity (Wildman–Crippen MR) is 108 cm³/mol. The lowest BCUT2D eigenvalue weighted by atomic mass is 10.1. The molecular weight excluding hydrogens is 392 g/mol. The Labute approximate surface area is 163 Å². The molecule has 26 heavy (non-hydrogen) atoms. The first-order valence-electron chi connectivity index (χ1n) is 9.08. The zero-order chi connectivity index (χ0) is 18.7. The van der Waals surface area contributed by atoms with Crippen LogP contribution in [0.3, 0.4) is 0 Å². The third-order valence-electron chi connectivity index (χ3n) is 4.85. The zero-order valence-electron chi connectivity index (χ0n) is 15.6. The van der Waals surface area contributed by atoms with Gasteiger partial charge in [-0.2, -0.15) is 0 Å². The number of hydrogen-bond donors (Lipinski definition) is 0. The van der Waals surface area contributed by atoms with Crippen LogP contribution in [0.4, 0.5) is 5.82 Å². The summed E-state index contributed by atoms with van der Waals surface area (Å²) in [5.41, 5.74) is 1.77. The summed E-state index contributed by atoms with van der Waals surface area (Å²) in [7, 11) is 0. The Bertz CT molecular complexity index is 793. The molecule has 0 bridgehead atoms. The quantitative estimate of drug-likeness (QED) is 0.711. The van der Waals surface area contributed by atoms with Crippen LogP contribution in [-0.4, -0.2) is 52.9 Å². The molecule has 5 nitrogen and oxygen atoms in total. The number of hydrogen-bond acceptors (Lipinski definition) is 5. The maximum Gasteiger partial charge on any atom is 0.213 e. The molecule has 0 aliphatic carbocycles. The number of carbonyl (C=O) groups is 1. The van der Waals surface area contributed by atoms with E-state index in [1.54, 1.807) is 12.3 Å². The minimum atomic E-state index is -0.0863. The lowest BCUT2D eigenvalue weighted by Crippen LogP contribution is -2.35. The van der Waals surface area contributed by atoms with Crippen molar-refractivity contribution in [2.45, 2.75) is 33.2 Å². The van der Waals surface area contributed by atoms with Gasteiger partial charge in [0.2, 0.25) is 5.78 Å². The number of halogens is 1. The highest BCUT2D eigenvalue weighted by Gasteiger charge is 2.20. The van der Waals surface area contributed by atoms with Crippen LogP contribution in [0.15, 0.2) is 34.9 Å². The van der Waals surface area contributed by atoms with Gasteiger partial charge in [-0.3, -0.25) is 14.7 Å². The summed E-state index contributed by atoms with van der Waals surface area (Å²) in [6.07, 6.45) is 2.81. The molecule has 1 saturated heterocycles. The van der Waals surface area contributed by atoms with Gasteiger partial charge in [0, 0.05) is 54.1 Å². The number of carbonyl (C=O) groups excluding carboxylic acids is 1. The van der Waals surface area contributed by atoms with Crippen molar-refractivity contribution in [3.05, 3.63) is 51.9 Å². The Morgan fingerprint density at radius 2 is 2.00 bits per heavy atom. The smallest absolute Gasteiger partial charge is 0.213 e. The van der Waals surface area contributed by atoms with Gasteiger partial charge in [-0.1, -0.05) is 6.07 Å². The number of anilines is 1. The van der Waals surface area contributed by atoms with Crippen LogP contribution < -0.4 is 4.90 Å². The first kappa shape index (κ1) is 19.0. The van der Waals surface area contributed by atoms with E-state index in [-0.39, 0.29) is 5.78 Å². The molecule has 1 aliphatic rings. The SMILES string of the molecule is Cc1ncc(Br)cc1C(=O)c1cccc(N2CCCN(C(C)C)CC2)n1. The van der Waals surface area contributed by atoms with E-state index in [1.807, 2.05) is 25.1 Å². The van der Waals surface area contributed by atoms with Crippen molar-refractivity contribution in [2.24, 2.45) is 0 Å². The molecule has 3 heterocycles. The van der Waals surface area contributed by atoms with Crippen molar-refractivity contribution < 1.29 is 4.79 Å². The van der Waals surface area contributed by atoms with Crippen LogP contribution in [0.5, 0.6) is 0 Å². The molecule has 6 heteroatoms. The lowest BCUT2D eigenvalue weighted by molar-refractivity contribution is 0.103. The van der Waals surface area contributed by atoms with E-state index in [1.165, 1.54) is 0 Å². The second-order valence-electron chi connectivity index (χ2n) is 6.97. The molecule has 2 aromatic heterocycles. The van der Waals surface area contributed by atoms with E-state index in [0.717, 1.165) is 42.9 Å². The van der Waals surface area contributed by atoms with E-state index in [0.29, 0.717) is 23.0 Å². The van der Waals surface area contributed by atoms with Gasteiger partial charge in [0.1, 0.15) is 11.5 Å². The Morgan fingerprint density at radius 3 is 2.77 bits per heavy atom. The van der Waals surface area contributed by atoms with Crippen LogP contribution in [0.2, 0.25) is 0 Å². The van der Waals surface area contributed by atoms with Crippen molar-refractivity contribution in [1.29, 1.82) is 0 Å². The van der Waals surface area contributed by atoms with Crippen molar-refractivity contribution >= 4 is 27.5 Å². The Balaban J connectivity index is 1.82. The fraction of sp³-hybridized carbons (Fsp3) is 0.450. The van der Waals surface area contributed by atoms with Crippen molar-refractivity contribution in [3.63, 3.8) is 0 Å². The maximum atomic E-state index is 12.9. The zero-order valence-corrected chi connectivity index (χ0v) is 17.2. The van der Waals surface area contributed by atoms with Gasteiger partial charge >= 0.3 is 0 Å². The van der Waals surface area contributed by atoms with E-state index < -0.39 is 0 Å². The molecular formula is C20H25BrN4O. The molecule has 0 spiro atoms. The summed E-state index contributed by atoms with van der Waals surface area (Å²) >= 11 is 3.39. The van der Waals surface area contributed by atoms with Gasteiger partial charge in [0.05, 0.1) is 0 Å². The topological polar surface area (TPSA) is 49.3 Å². The molecule has 0 radical (unpaired) electrons. The molecule has 1 aliphatic heterocycles. The van der Waals surface area contributed by atoms with Crippen molar-refractivity contribution in [3.8, 4) is 0 Å². The predicted octanol–water partition coefficient (Wildman–Crippen LogP) is 3.70. The first-order valence-corrected chi connectivity index (χ1v) is 9.88. The van der Waals surface area contributed by atoms with Gasteiger partial charge in [-0.05, 0) is 61.3 Å². The summed E-state index contributed by atoms with van der Waals surface area (Å²) in [6, 6.07) is 8.06. The highest BCUT2D eigenvalue weighted by atomic mass is 79.9. The monoisotopic (exact) mass is 416 g/mol. The average Bonchev–Trinajstić information content (AvgIpc) is 2.89. The molecule has 0 saturated carbocycles. The summed E-state index contributed by atoms with van der Waals surface area (Å²) in [4.78, 5) is 26.6. The minimum absolute atomic E-state index is 0.0863. The van der Waals surface area contributed by atoms with E-state index in [2.05, 4.69) is 49.5 Å². The van der Waals surface area contributed by atoms with E-state index in [9.17, 15) is 4.79 Å². The molecule has 0 atom stereocenters. The summed E-state index contributed by atoms with van der Waals surface area (Å²) in [6.45, 7) is 10.3. The normalized spacial score (nSPS) is 16.0. The Kier molecular flexibility index (Phi) is 6.04. The molecule has 0 aromatic carbocycles. The third-order valence-corrected chi connectivity index (χ3v) is 5.28. The van der Waals surface area contributed by atoms with Crippen molar-refractivity contribution in [1.82, 2.24) is 14.9 Å². The first-order chi connectivity index (χ1) is 12.5. The molecule has 0 amide bonds. The van der Waals surface area contributed by atoms with E-state index in [4.69, 9.17) is 0 Å². The number of aryl methyl sites for hydroxylation is 1. The summed E-state index contributed by atoms with van der Waals surface area (Å²) < 4.78 is 0.795. The number of ketones is 1. The fourth-order valence-corrected chi connectivity index (χ4v) is 3.62. The van der Waals surface area contributed by atoms with Crippen molar-refractivity contribution in [2.75, 3.05) is 31.1 Å². The summed E-state index contributed by atoms with van der Waals surface area (Å²) in [5, 5.41) is 0. The molecule has 3 rings (SSSR count). The van der Waals surface area contributed by atoms with Crippen LogP contribution in [0.1, 0.15) is 42.0 Å². The van der Waals surface area contributed by atoms with Gasteiger partial charge in [-0.15, -0.1) is 0 Å². The maximum absolute atomic E-state index is 12.9. The number of rotatable bonds is 4. The fourth-order valence-electron chi connectivity index (χ4n) is 3.28. The van der Waals surface area contributed by atoms with E-state index >= 15 is 0 Å². The van der Waals surface area contributed by atoms with Crippen LogP contribution in [-0.2, 0) is 0 Å². The summed E-state index contributed by atoms with van der Waals surface area (Å²) in [5.74, 6) is 0.791. The molecule has 0 unspecified atom stereocenters. The van der Waals surface area contributed by atoms with Gasteiger partial charge < -0.3 is 4.90 Å². The highest BCUT2D eigenvalue weighted by Crippen LogP contribution is 2.20. The molecule has 138 valence electrons. The average molecular weight is 417 g/mol. The minimum Gasteiger partial charge on any atom is -0.355 e. The lowest BCUT2D eigenvalue weighted by Gasteiger charge is -2.25. The molecule has 1 fully saturated rings.